The van der Waals surface area contributed by atoms with Crippen LogP contribution in [-0.2, 0) is 26.0 Å². The number of aryl methyl sites for hydroxylation is 1. The van der Waals surface area contributed by atoms with Gasteiger partial charge in [-0.15, -0.1) is 0 Å². The molecular formula is C27H30ClN3O4S. The highest BCUT2D eigenvalue weighted by molar-refractivity contribution is 7.92. The number of halogens is 1. The van der Waals surface area contributed by atoms with Crippen molar-refractivity contribution in [1.82, 2.24) is 10.2 Å². The first-order chi connectivity index (χ1) is 17.1. The first-order valence-corrected chi connectivity index (χ1v) is 13.4. The molecule has 0 saturated heterocycles. The molecule has 36 heavy (non-hydrogen) atoms. The van der Waals surface area contributed by atoms with E-state index >= 15 is 0 Å². The van der Waals surface area contributed by atoms with Crippen LogP contribution in [0.25, 0.3) is 0 Å². The van der Waals surface area contributed by atoms with E-state index in [1.54, 1.807) is 43.3 Å². The molecule has 0 saturated carbocycles. The first kappa shape index (κ1) is 27.2. The molecule has 1 N–H and O–H groups in total. The number of rotatable bonds is 10. The topological polar surface area (TPSA) is 86.8 Å². The van der Waals surface area contributed by atoms with Crippen LogP contribution in [0.1, 0.15) is 18.1 Å². The number of carbonyl (C=O) groups is 2. The highest BCUT2D eigenvalue weighted by Gasteiger charge is 2.32. The second-order valence-corrected chi connectivity index (χ2v) is 10.7. The fourth-order valence-electron chi connectivity index (χ4n) is 3.78. The van der Waals surface area contributed by atoms with Crippen molar-refractivity contribution in [3.05, 3.63) is 95.0 Å². The molecule has 1 atom stereocenters. The molecule has 0 radical (unpaired) electrons. The van der Waals surface area contributed by atoms with E-state index in [4.69, 9.17) is 11.6 Å². The average molecular weight is 528 g/mol. The predicted molar refractivity (Wildman–Crippen MR) is 143 cm³/mol. The Bertz CT molecular complexity index is 1300. The third-order valence-corrected chi connectivity index (χ3v) is 8.00. The molecule has 2 amide bonds. The van der Waals surface area contributed by atoms with Gasteiger partial charge in [0.25, 0.3) is 10.0 Å². The lowest BCUT2D eigenvalue weighted by Crippen LogP contribution is -2.51. The Kier molecular flexibility index (Phi) is 9.12. The molecule has 0 aliphatic carbocycles. The van der Waals surface area contributed by atoms with Gasteiger partial charge >= 0.3 is 0 Å². The molecule has 1 unspecified atom stereocenters. The minimum atomic E-state index is -4.14. The summed E-state index contributed by atoms with van der Waals surface area (Å²) in [7, 11) is -2.64. The lowest BCUT2D eigenvalue weighted by atomic mass is 10.1. The Labute approximate surface area is 217 Å². The van der Waals surface area contributed by atoms with Gasteiger partial charge in [-0.1, -0.05) is 71.8 Å². The molecule has 3 aromatic carbocycles. The van der Waals surface area contributed by atoms with Gasteiger partial charge in [0.2, 0.25) is 11.8 Å². The van der Waals surface area contributed by atoms with E-state index in [1.165, 1.54) is 24.1 Å². The van der Waals surface area contributed by atoms with Gasteiger partial charge in [0.15, 0.2) is 0 Å². The van der Waals surface area contributed by atoms with Crippen LogP contribution in [0, 0.1) is 6.92 Å². The third-order valence-electron chi connectivity index (χ3n) is 5.91. The van der Waals surface area contributed by atoms with Gasteiger partial charge in [-0.2, -0.15) is 0 Å². The van der Waals surface area contributed by atoms with Crippen LogP contribution in [0.3, 0.4) is 0 Å². The molecule has 9 heteroatoms. The Morgan fingerprint density at radius 2 is 1.56 bits per heavy atom. The molecule has 3 rings (SSSR count). The average Bonchev–Trinajstić information content (AvgIpc) is 2.88. The summed E-state index contributed by atoms with van der Waals surface area (Å²) < 4.78 is 28.4. The number of nitrogens with zero attached hydrogens (tertiary/aromatic N) is 2. The monoisotopic (exact) mass is 527 g/mol. The Morgan fingerprint density at radius 3 is 2.17 bits per heavy atom. The van der Waals surface area contributed by atoms with Crippen molar-refractivity contribution in [3.8, 4) is 0 Å². The summed E-state index contributed by atoms with van der Waals surface area (Å²) >= 11 is 6.38. The smallest absolute Gasteiger partial charge is 0.264 e. The molecule has 0 bridgehead atoms. The molecule has 0 aromatic heterocycles. The number of carbonyl (C=O) groups excluding carboxylic acids is 2. The standard InChI is InChI=1S/C27H30ClN3O4S/c1-20-13-15-23(16-14-20)36(34,35)31(25-12-8-7-11-24(25)28)19-26(32)30(21(2)27(33)29-3)18-17-22-9-5-4-6-10-22/h4-16,21H,17-19H2,1-3H3,(H,29,33). The quantitative estimate of drug-likeness (QED) is 0.431. The lowest BCUT2D eigenvalue weighted by Gasteiger charge is -2.32. The summed E-state index contributed by atoms with van der Waals surface area (Å²) in [5, 5.41) is 2.76. The van der Waals surface area contributed by atoms with E-state index < -0.39 is 28.5 Å². The lowest BCUT2D eigenvalue weighted by molar-refractivity contribution is -0.138. The SMILES string of the molecule is CNC(=O)C(C)N(CCc1ccccc1)C(=O)CN(c1ccccc1Cl)S(=O)(=O)c1ccc(C)cc1. The van der Waals surface area contributed by atoms with Gasteiger partial charge in [-0.25, -0.2) is 8.42 Å². The largest absolute Gasteiger partial charge is 0.357 e. The number of sulfonamides is 1. The number of para-hydroxylation sites is 1. The maximum absolute atomic E-state index is 13.7. The summed E-state index contributed by atoms with van der Waals surface area (Å²) in [6.45, 7) is 3.20. The second kappa shape index (κ2) is 12.1. The van der Waals surface area contributed by atoms with Crippen LogP contribution in [0.15, 0.2) is 83.8 Å². The van der Waals surface area contributed by atoms with Crippen molar-refractivity contribution in [2.45, 2.75) is 31.2 Å². The number of hydrogen-bond donors (Lipinski definition) is 1. The molecule has 0 aliphatic heterocycles. The summed E-state index contributed by atoms with van der Waals surface area (Å²) in [6.07, 6.45) is 0.505. The molecule has 3 aromatic rings. The molecular weight excluding hydrogens is 498 g/mol. The van der Waals surface area contributed by atoms with E-state index in [2.05, 4.69) is 5.32 Å². The fourth-order valence-corrected chi connectivity index (χ4v) is 5.50. The first-order valence-electron chi connectivity index (χ1n) is 11.5. The normalized spacial score (nSPS) is 12.0. The Balaban J connectivity index is 1.98. The van der Waals surface area contributed by atoms with Gasteiger partial charge in [0.1, 0.15) is 12.6 Å². The molecule has 190 valence electrons. The number of likely N-dealkylation sites (N-methyl/N-ethyl adjacent to an activating group) is 1. The zero-order valence-corrected chi connectivity index (χ0v) is 22.1. The van der Waals surface area contributed by atoms with E-state index in [0.29, 0.717) is 6.42 Å². The number of hydrogen-bond acceptors (Lipinski definition) is 4. The number of anilines is 1. The number of nitrogens with one attached hydrogen (secondary N) is 1. The van der Waals surface area contributed by atoms with Crippen molar-refractivity contribution in [2.24, 2.45) is 0 Å². The fraction of sp³-hybridized carbons (Fsp3) is 0.259. The molecule has 0 aliphatic rings. The van der Waals surface area contributed by atoms with E-state index in [1.807, 2.05) is 37.3 Å². The predicted octanol–water partition coefficient (Wildman–Crippen LogP) is 4.05. The minimum Gasteiger partial charge on any atom is -0.357 e. The van der Waals surface area contributed by atoms with E-state index in [9.17, 15) is 18.0 Å². The molecule has 0 heterocycles. The van der Waals surface area contributed by atoms with E-state index in [0.717, 1.165) is 15.4 Å². The van der Waals surface area contributed by atoms with Gasteiger partial charge in [0, 0.05) is 13.6 Å². The van der Waals surface area contributed by atoms with Gasteiger partial charge in [-0.3, -0.25) is 13.9 Å². The zero-order valence-electron chi connectivity index (χ0n) is 20.5. The highest BCUT2D eigenvalue weighted by atomic mass is 35.5. The second-order valence-electron chi connectivity index (χ2n) is 8.39. The number of benzene rings is 3. The van der Waals surface area contributed by atoms with Crippen molar-refractivity contribution in [1.29, 1.82) is 0 Å². The molecule has 7 nitrogen and oxygen atoms in total. The molecule has 0 spiro atoms. The maximum atomic E-state index is 13.7. The third kappa shape index (κ3) is 6.44. The van der Waals surface area contributed by atoms with Crippen LogP contribution < -0.4 is 9.62 Å². The van der Waals surface area contributed by atoms with Crippen molar-refractivity contribution < 1.29 is 18.0 Å². The number of amides is 2. The highest BCUT2D eigenvalue weighted by Crippen LogP contribution is 2.30. The van der Waals surface area contributed by atoms with Crippen LogP contribution in [0.2, 0.25) is 5.02 Å². The van der Waals surface area contributed by atoms with Gasteiger partial charge in [-0.05, 0) is 50.1 Å². The summed E-state index contributed by atoms with van der Waals surface area (Å²) in [5.41, 5.74) is 2.08. The van der Waals surface area contributed by atoms with Gasteiger partial charge in [0.05, 0.1) is 15.6 Å². The van der Waals surface area contributed by atoms with Crippen molar-refractivity contribution in [2.75, 3.05) is 24.4 Å². The van der Waals surface area contributed by atoms with Gasteiger partial charge < -0.3 is 10.2 Å². The van der Waals surface area contributed by atoms with Crippen molar-refractivity contribution in [3.63, 3.8) is 0 Å². The summed E-state index contributed by atoms with van der Waals surface area (Å²) in [6, 6.07) is 21.6. The minimum absolute atomic E-state index is 0.0380. The summed E-state index contributed by atoms with van der Waals surface area (Å²) in [4.78, 5) is 27.6. The Morgan fingerprint density at radius 1 is 0.944 bits per heavy atom. The molecule has 0 fully saturated rings. The van der Waals surface area contributed by atoms with Crippen LogP contribution in [-0.4, -0.2) is 51.3 Å². The zero-order chi connectivity index (χ0) is 26.3. The summed E-state index contributed by atoms with van der Waals surface area (Å²) in [5.74, 6) is -0.861. The van der Waals surface area contributed by atoms with E-state index in [-0.39, 0.29) is 28.1 Å². The Hall–Kier alpha value is -3.36. The van der Waals surface area contributed by atoms with Crippen LogP contribution in [0.4, 0.5) is 5.69 Å². The van der Waals surface area contributed by atoms with Crippen LogP contribution in [0.5, 0.6) is 0 Å². The van der Waals surface area contributed by atoms with Crippen molar-refractivity contribution >= 4 is 39.1 Å². The van der Waals surface area contributed by atoms with Crippen LogP contribution >= 0.6 is 11.6 Å². The maximum Gasteiger partial charge on any atom is 0.264 e.